The topological polar surface area (TPSA) is 112 Å². The number of aliphatic carboxylic acids is 1. The molecule has 1 unspecified atom stereocenters. The Bertz CT molecular complexity index is 452. The van der Waals surface area contributed by atoms with Gasteiger partial charge in [0.25, 0.3) is 0 Å². The summed E-state index contributed by atoms with van der Waals surface area (Å²) in [4.78, 5) is 10.8. The molecule has 7 nitrogen and oxygen atoms in total. The van der Waals surface area contributed by atoms with Gasteiger partial charge in [0.05, 0.1) is 6.20 Å². The third-order valence-corrected chi connectivity index (χ3v) is 3.41. The van der Waals surface area contributed by atoms with Gasteiger partial charge in [0.15, 0.2) is 0 Å². The van der Waals surface area contributed by atoms with Crippen molar-refractivity contribution >= 4 is 16.0 Å². The molecule has 0 saturated heterocycles. The zero-order valence-corrected chi connectivity index (χ0v) is 9.65. The largest absolute Gasteiger partial charge is 0.480 e. The van der Waals surface area contributed by atoms with E-state index in [0.29, 0.717) is 0 Å². The van der Waals surface area contributed by atoms with E-state index in [0.717, 1.165) is 6.20 Å². The van der Waals surface area contributed by atoms with Gasteiger partial charge >= 0.3 is 5.97 Å². The predicted molar refractivity (Wildman–Crippen MR) is 55.2 cm³/mol. The number of hydrogen-bond donors (Lipinski definition) is 3. The maximum Gasteiger partial charge on any atom is 0.322 e. The number of aromatic amines is 1. The summed E-state index contributed by atoms with van der Waals surface area (Å²) in [5.41, 5.74) is 0. The van der Waals surface area contributed by atoms with Crippen LogP contribution in [0.15, 0.2) is 17.3 Å². The Morgan fingerprint density at radius 2 is 2.19 bits per heavy atom. The first kappa shape index (κ1) is 12.7. The summed E-state index contributed by atoms with van der Waals surface area (Å²) < 4.78 is 25.5. The molecule has 0 spiro atoms. The van der Waals surface area contributed by atoms with Gasteiger partial charge in [0.1, 0.15) is 10.9 Å². The van der Waals surface area contributed by atoms with E-state index in [-0.39, 0.29) is 10.8 Å². The summed E-state index contributed by atoms with van der Waals surface area (Å²) in [6.45, 7) is 3.24. The van der Waals surface area contributed by atoms with Gasteiger partial charge in [0, 0.05) is 6.20 Å². The minimum atomic E-state index is -3.83. The van der Waals surface area contributed by atoms with E-state index in [1.807, 2.05) is 0 Å². The maximum absolute atomic E-state index is 11.7. The first-order valence-corrected chi connectivity index (χ1v) is 6.07. The number of H-pyrrole nitrogens is 1. The number of hydrogen-bond acceptors (Lipinski definition) is 4. The van der Waals surface area contributed by atoms with Gasteiger partial charge in [0.2, 0.25) is 10.0 Å². The maximum atomic E-state index is 11.7. The second-order valence-corrected chi connectivity index (χ2v) is 5.33. The fourth-order valence-corrected chi connectivity index (χ4v) is 2.34. The van der Waals surface area contributed by atoms with Gasteiger partial charge in [-0.05, 0) is 5.92 Å². The van der Waals surface area contributed by atoms with Crippen molar-refractivity contribution in [1.29, 1.82) is 0 Å². The van der Waals surface area contributed by atoms with Crippen LogP contribution < -0.4 is 4.72 Å². The molecule has 1 rings (SSSR count). The normalized spacial score (nSPS) is 13.9. The molecule has 0 amide bonds. The zero-order valence-electron chi connectivity index (χ0n) is 8.84. The van der Waals surface area contributed by atoms with E-state index < -0.39 is 22.0 Å². The summed E-state index contributed by atoms with van der Waals surface area (Å²) in [7, 11) is -3.83. The van der Waals surface area contributed by atoms with Crippen molar-refractivity contribution in [2.75, 3.05) is 0 Å². The summed E-state index contributed by atoms with van der Waals surface area (Å²) >= 11 is 0. The zero-order chi connectivity index (χ0) is 12.3. The van der Waals surface area contributed by atoms with Gasteiger partial charge in [-0.2, -0.15) is 9.82 Å². The standard InChI is InChI=1S/C8H13N3O4S/c1-5(2)7(8(12)13)11-16(14,15)6-3-9-10-4-6/h3-5,7,11H,1-2H3,(H,9,10)(H,12,13). The first-order valence-electron chi connectivity index (χ1n) is 4.58. The van der Waals surface area contributed by atoms with E-state index >= 15 is 0 Å². The Labute approximate surface area is 92.9 Å². The molecule has 8 heteroatoms. The van der Waals surface area contributed by atoms with Crippen LogP contribution in [0.4, 0.5) is 0 Å². The average Bonchev–Trinajstić information content (AvgIpc) is 2.66. The number of carbonyl (C=O) groups is 1. The Balaban J connectivity index is 2.92. The fourth-order valence-electron chi connectivity index (χ4n) is 1.09. The lowest BCUT2D eigenvalue weighted by Gasteiger charge is -2.17. The molecule has 0 radical (unpaired) electrons. The first-order chi connectivity index (χ1) is 7.34. The minimum Gasteiger partial charge on any atom is -0.480 e. The number of carboxylic acid groups (broad SMARTS) is 1. The molecule has 1 heterocycles. The summed E-state index contributed by atoms with van der Waals surface area (Å²) in [5.74, 6) is -1.55. The van der Waals surface area contributed by atoms with Crippen LogP contribution in [-0.2, 0) is 14.8 Å². The van der Waals surface area contributed by atoms with E-state index in [9.17, 15) is 13.2 Å². The number of rotatable bonds is 5. The molecule has 1 aromatic rings. The van der Waals surface area contributed by atoms with Crippen molar-refractivity contribution in [3.8, 4) is 0 Å². The molecule has 1 aromatic heterocycles. The van der Waals surface area contributed by atoms with Crippen molar-refractivity contribution in [3.63, 3.8) is 0 Å². The molecule has 0 fully saturated rings. The van der Waals surface area contributed by atoms with Gasteiger partial charge in [-0.1, -0.05) is 13.8 Å². The summed E-state index contributed by atoms with van der Waals surface area (Å²) in [6.07, 6.45) is 2.29. The van der Waals surface area contributed by atoms with Crippen LogP contribution in [-0.4, -0.2) is 35.7 Å². The molecule has 0 bridgehead atoms. The lowest BCUT2D eigenvalue weighted by Crippen LogP contribution is -2.44. The molecule has 0 saturated carbocycles. The lowest BCUT2D eigenvalue weighted by atomic mass is 10.1. The van der Waals surface area contributed by atoms with Crippen molar-refractivity contribution in [2.45, 2.75) is 24.8 Å². The molecule has 0 aliphatic carbocycles. The van der Waals surface area contributed by atoms with Gasteiger partial charge < -0.3 is 5.11 Å². The molecular weight excluding hydrogens is 234 g/mol. The molecular formula is C8H13N3O4S. The number of aromatic nitrogens is 2. The number of nitrogens with one attached hydrogen (secondary N) is 2. The van der Waals surface area contributed by atoms with E-state index in [4.69, 9.17) is 5.11 Å². The van der Waals surface area contributed by atoms with E-state index in [1.165, 1.54) is 6.20 Å². The SMILES string of the molecule is CC(C)C(NS(=O)(=O)c1cn[nH]c1)C(=O)O. The second-order valence-electron chi connectivity index (χ2n) is 3.62. The molecule has 0 aliphatic rings. The Morgan fingerprint density at radius 1 is 1.56 bits per heavy atom. The van der Waals surface area contributed by atoms with Crippen LogP contribution in [0, 0.1) is 5.92 Å². The highest BCUT2D eigenvalue weighted by Gasteiger charge is 2.28. The third kappa shape index (κ3) is 2.80. The van der Waals surface area contributed by atoms with Crippen LogP contribution in [0.2, 0.25) is 0 Å². The van der Waals surface area contributed by atoms with E-state index in [1.54, 1.807) is 13.8 Å². The molecule has 0 aromatic carbocycles. The van der Waals surface area contributed by atoms with Crippen molar-refractivity contribution in [1.82, 2.24) is 14.9 Å². The van der Waals surface area contributed by atoms with Crippen molar-refractivity contribution < 1.29 is 18.3 Å². The molecule has 90 valence electrons. The van der Waals surface area contributed by atoms with Crippen LogP contribution in [0.25, 0.3) is 0 Å². The van der Waals surface area contributed by atoms with Crippen LogP contribution >= 0.6 is 0 Å². The van der Waals surface area contributed by atoms with Crippen molar-refractivity contribution in [3.05, 3.63) is 12.4 Å². The fraction of sp³-hybridized carbons (Fsp3) is 0.500. The number of sulfonamides is 1. The smallest absolute Gasteiger partial charge is 0.322 e. The van der Waals surface area contributed by atoms with Gasteiger partial charge in [-0.25, -0.2) is 8.42 Å². The highest BCUT2D eigenvalue weighted by Crippen LogP contribution is 2.09. The van der Waals surface area contributed by atoms with Gasteiger partial charge in [-0.15, -0.1) is 0 Å². The summed E-state index contributed by atoms with van der Waals surface area (Å²) in [5, 5.41) is 14.7. The minimum absolute atomic E-state index is 0.0839. The summed E-state index contributed by atoms with van der Waals surface area (Å²) in [6, 6.07) is -1.15. The number of nitrogens with zero attached hydrogens (tertiary/aromatic N) is 1. The molecule has 3 N–H and O–H groups in total. The Kier molecular flexibility index (Phi) is 3.66. The molecule has 16 heavy (non-hydrogen) atoms. The van der Waals surface area contributed by atoms with Crippen LogP contribution in [0.3, 0.4) is 0 Å². The number of carboxylic acids is 1. The Hall–Kier alpha value is -1.41. The molecule has 0 aliphatic heterocycles. The molecule has 1 atom stereocenters. The van der Waals surface area contributed by atoms with E-state index in [2.05, 4.69) is 14.9 Å². The van der Waals surface area contributed by atoms with Crippen LogP contribution in [0.5, 0.6) is 0 Å². The quantitative estimate of drug-likeness (QED) is 0.667. The average molecular weight is 247 g/mol. The highest BCUT2D eigenvalue weighted by molar-refractivity contribution is 7.89. The monoisotopic (exact) mass is 247 g/mol. The second kappa shape index (κ2) is 4.62. The third-order valence-electron chi connectivity index (χ3n) is 2.00. The lowest BCUT2D eigenvalue weighted by molar-refractivity contribution is -0.140. The van der Waals surface area contributed by atoms with Crippen molar-refractivity contribution in [2.24, 2.45) is 5.92 Å². The Morgan fingerprint density at radius 3 is 2.56 bits per heavy atom. The van der Waals surface area contributed by atoms with Crippen LogP contribution in [0.1, 0.15) is 13.8 Å². The predicted octanol–water partition coefficient (Wildman–Crippen LogP) is -0.203. The van der Waals surface area contributed by atoms with Gasteiger partial charge in [-0.3, -0.25) is 9.89 Å². The highest BCUT2D eigenvalue weighted by atomic mass is 32.2.